The van der Waals surface area contributed by atoms with Crippen molar-refractivity contribution >= 4 is 23.3 Å². The van der Waals surface area contributed by atoms with E-state index in [1.54, 1.807) is 13.2 Å². The Hall–Kier alpha value is -3.47. The zero-order valence-corrected chi connectivity index (χ0v) is 18.7. The van der Waals surface area contributed by atoms with Crippen LogP contribution in [0.25, 0.3) is 0 Å². The van der Waals surface area contributed by atoms with Crippen LogP contribution in [0.5, 0.6) is 11.5 Å². The van der Waals surface area contributed by atoms with Gasteiger partial charge in [-0.2, -0.15) is 13.2 Å². The minimum absolute atomic E-state index is 0.0760. The molecule has 174 valence electrons. The molecule has 0 aliphatic rings. The van der Waals surface area contributed by atoms with Crippen LogP contribution in [0, 0.1) is 0 Å². The molecule has 0 saturated carbocycles. The van der Waals surface area contributed by atoms with Crippen LogP contribution in [-0.4, -0.2) is 29.0 Å². The first-order valence-electron chi connectivity index (χ1n) is 9.63. The number of thioether (sulfide) groups is 1. The fourth-order valence-corrected chi connectivity index (χ4v) is 3.80. The van der Waals surface area contributed by atoms with E-state index in [-0.39, 0.29) is 18.1 Å². The first kappa shape index (κ1) is 24.2. The zero-order valence-electron chi connectivity index (χ0n) is 17.8. The van der Waals surface area contributed by atoms with Gasteiger partial charge < -0.3 is 14.8 Å². The fraction of sp³-hybridized carbons (Fsp3) is 0.227. The molecule has 1 aromatic heterocycles. The second-order valence-corrected chi connectivity index (χ2v) is 7.66. The molecule has 1 N–H and O–H groups in total. The standard InChI is InChI=1S/C22H21F3N4O3S/c1-4-10-29-20(30)19(26-16-7-5-6-15(12-16)22(23,24)25)27-28-21(29)33-13-14-8-9-17(31-2)18(11-14)32-3/h4-9,11-12H,1,10,13H2,2-3H3,(H,26,27). The van der Waals surface area contributed by atoms with Crippen molar-refractivity contribution in [2.24, 2.45) is 0 Å². The first-order valence-corrected chi connectivity index (χ1v) is 10.6. The molecule has 11 heteroatoms. The van der Waals surface area contributed by atoms with E-state index >= 15 is 0 Å². The Morgan fingerprint density at radius 1 is 1.12 bits per heavy atom. The Morgan fingerprint density at radius 3 is 2.55 bits per heavy atom. The van der Waals surface area contributed by atoms with E-state index in [9.17, 15) is 18.0 Å². The quantitative estimate of drug-likeness (QED) is 0.346. The number of allylic oxidation sites excluding steroid dienone is 1. The molecule has 2 aromatic carbocycles. The smallest absolute Gasteiger partial charge is 0.416 e. The molecule has 0 aliphatic carbocycles. The number of halogens is 3. The van der Waals surface area contributed by atoms with E-state index in [1.807, 2.05) is 12.1 Å². The van der Waals surface area contributed by atoms with Gasteiger partial charge in [-0.15, -0.1) is 16.8 Å². The molecule has 0 aliphatic heterocycles. The van der Waals surface area contributed by atoms with Crippen LogP contribution in [0.1, 0.15) is 11.1 Å². The second kappa shape index (κ2) is 10.4. The molecule has 0 spiro atoms. The molecule has 0 bridgehead atoms. The summed E-state index contributed by atoms with van der Waals surface area (Å²) in [7, 11) is 3.09. The number of anilines is 2. The molecule has 0 atom stereocenters. The van der Waals surface area contributed by atoms with Crippen LogP contribution < -0.4 is 20.3 Å². The topological polar surface area (TPSA) is 78.3 Å². The average molecular weight is 478 g/mol. The third kappa shape index (κ3) is 5.86. The van der Waals surface area contributed by atoms with E-state index in [4.69, 9.17) is 9.47 Å². The molecule has 0 unspecified atom stereocenters. The van der Waals surface area contributed by atoms with Gasteiger partial charge in [-0.3, -0.25) is 9.36 Å². The Morgan fingerprint density at radius 2 is 1.88 bits per heavy atom. The lowest BCUT2D eigenvalue weighted by atomic mass is 10.2. The van der Waals surface area contributed by atoms with Crippen molar-refractivity contribution in [3.05, 3.63) is 76.6 Å². The molecule has 3 aromatic rings. The highest BCUT2D eigenvalue weighted by molar-refractivity contribution is 7.98. The number of rotatable bonds is 9. The summed E-state index contributed by atoms with van der Waals surface area (Å²) in [4.78, 5) is 12.9. The number of nitrogens with zero attached hydrogens (tertiary/aromatic N) is 3. The lowest BCUT2D eigenvalue weighted by Crippen LogP contribution is -2.26. The van der Waals surface area contributed by atoms with E-state index < -0.39 is 17.3 Å². The van der Waals surface area contributed by atoms with Gasteiger partial charge >= 0.3 is 6.18 Å². The number of aromatic nitrogens is 3. The number of nitrogens with one attached hydrogen (secondary N) is 1. The number of hydrogen-bond donors (Lipinski definition) is 1. The Balaban J connectivity index is 1.85. The number of hydrogen-bond acceptors (Lipinski definition) is 7. The van der Waals surface area contributed by atoms with Crippen LogP contribution in [0.15, 0.2) is 65.1 Å². The lowest BCUT2D eigenvalue weighted by Gasteiger charge is -2.13. The Kier molecular flexibility index (Phi) is 7.64. The lowest BCUT2D eigenvalue weighted by molar-refractivity contribution is -0.137. The van der Waals surface area contributed by atoms with E-state index in [0.717, 1.165) is 17.7 Å². The van der Waals surface area contributed by atoms with Crippen LogP contribution in [0.2, 0.25) is 0 Å². The third-order valence-corrected chi connectivity index (χ3v) is 5.53. The maximum absolute atomic E-state index is 13.0. The number of benzene rings is 2. The minimum atomic E-state index is -4.50. The maximum Gasteiger partial charge on any atom is 0.416 e. The summed E-state index contributed by atoms with van der Waals surface area (Å²) in [5, 5.41) is 11.0. The second-order valence-electron chi connectivity index (χ2n) is 6.72. The van der Waals surface area contributed by atoms with Gasteiger partial charge in [0, 0.05) is 18.0 Å². The van der Waals surface area contributed by atoms with Gasteiger partial charge in [0.15, 0.2) is 16.7 Å². The Labute approximate surface area is 192 Å². The molecule has 0 radical (unpaired) electrons. The number of methoxy groups -OCH3 is 2. The highest BCUT2D eigenvalue weighted by Gasteiger charge is 2.30. The SMILES string of the molecule is C=CCn1c(SCc2ccc(OC)c(OC)c2)nnc(Nc2cccc(C(F)(F)F)c2)c1=O. The van der Waals surface area contributed by atoms with E-state index in [2.05, 4.69) is 22.1 Å². The van der Waals surface area contributed by atoms with Crippen LogP contribution in [0.4, 0.5) is 24.7 Å². The summed E-state index contributed by atoms with van der Waals surface area (Å²) >= 11 is 1.28. The van der Waals surface area contributed by atoms with Crippen LogP contribution in [-0.2, 0) is 18.5 Å². The van der Waals surface area contributed by atoms with Crippen LogP contribution >= 0.6 is 11.8 Å². The summed E-state index contributed by atoms with van der Waals surface area (Å²) in [6, 6.07) is 9.96. The highest BCUT2D eigenvalue weighted by atomic mass is 32.2. The summed E-state index contributed by atoms with van der Waals surface area (Å²) < 4.78 is 50.8. The van der Waals surface area contributed by atoms with Crippen molar-refractivity contribution in [3.8, 4) is 11.5 Å². The predicted octanol–water partition coefficient (Wildman–Crippen LogP) is 4.90. The molecular formula is C22H21F3N4O3S. The summed E-state index contributed by atoms with van der Waals surface area (Å²) in [5.41, 5.74) is -0.388. The number of ether oxygens (including phenoxy) is 2. The third-order valence-electron chi connectivity index (χ3n) is 4.49. The monoisotopic (exact) mass is 478 g/mol. The van der Waals surface area contributed by atoms with Gasteiger partial charge in [0.1, 0.15) is 0 Å². The van der Waals surface area contributed by atoms with Crippen molar-refractivity contribution in [2.75, 3.05) is 19.5 Å². The molecule has 0 saturated heterocycles. The minimum Gasteiger partial charge on any atom is -0.493 e. The fourth-order valence-electron chi connectivity index (χ4n) is 2.91. The molecular weight excluding hydrogens is 457 g/mol. The van der Waals surface area contributed by atoms with Gasteiger partial charge in [-0.1, -0.05) is 30.0 Å². The molecule has 0 amide bonds. The largest absolute Gasteiger partial charge is 0.493 e. The summed E-state index contributed by atoms with van der Waals surface area (Å²) in [6.07, 6.45) is -2.98. The highest BCUT2D eigenvalue weighted by Crippen LogP contribution is 2.32. The van der Waals surface area contributed by atoms with Gasteiger partial charge in [0.05, 0.1) is 19.8 Å². The Bertz CT molecular complexity index is 1200. The first-order chi connectivity index (χ1) is 15.8. The average Bonchev–Trinajstić information content (AvgIpc) is 2.80. The van der Waals surface area contributed by atoms with Gasteiger partial charge in [0.2, 0.25) is 5.82 Å². The molecule has 3 rings (SSSR count). The molecule has 7 nitrogen and oxygen atoms in total. The summed E-state index contributed by atoms with van der Waals surface area (Å²) in [6.45, 7) is 3.81. The van der Waals surface area contributed by atoms with Crippen molar-refractivity contribution < 1.29 is 22.6 Å². The van der Waals surface area contributed by atoms with E-state index in [0.29, 0.717) is 22.4 Å². The van der Waals surface area contributed by atoms with Crippen molar-refractivity contribution in [1.29, 1.82) is 0 Å². The molecule has 0 fully saturated rings. The van der Waals surface area contributed by atoms with Gasteiger partial charge in [0.25, 0.3) is 5.56 Å². The van der Waals surface area contributed by atoms with Crippen molar-refractivity contribution in [2.45, 2.75) is 23.6 Å². The molecule has 1 heterocycles. The van der Waals surface area contributed by atoms with Gasteiger partial charge in [-0.25, -0.2) is 0 Å². The van der Waals surface area contributed by atoms with Crippen LogP contribution in [0.3, 0.4) is 0 Å². The predicted molar refractivity (Wildman–Crippen MR) is 120 cm³/mol. The number of alkyl halides is 3. The van der Waals surface area contributed by atoms with E-state index in [1.165, 1.54) is 41.6 Å². The molecule has 33 heavy (non-hydrogen) atoms. The normalized spacial score (nSPS) is 11.2. The summed E-state index contributed by atoms with van der Waals surface area (Å²) in [5.74, 6) is 1.45. The van der Waals surface area contributed by atoms with Gasteiger partial charge in [-0.05, 0) is 35.9 Å². The maximum atomic E-state index is 13.0. The van der Waals surface area contributed by atoms with Crippen molar-refractivity contribution in [3.63, 3.8) is 0 Å². The zero-order chi connectivity index (χ0) is 24.0. The van der Waals surface area contributed by atoms with Crippen molar-refractivity contribution in [1.82, 2.24) is 14.8 Å².